The molecule has 1 N–H and O–H groups in total. The Labute approximate surface area is 110 Å². The monoisotopic (exact) mass is 264 g/mol. The van der Waals surface area contributed by atoms with Crippen LogP contribution in [0.4, 0.5) is 5.82 Å². The molecule has 0 saturated carbocycles. The van der Waals surface area contributed by atoms with Crippen LogP contribution in [0.5, 0.6) is 0 Å². The van der Waals surface area contributed by atoms with Crippen LogP contribution in [0, 0.1) is 5.92 Å². The second-order valence-electron chi connectivity index (χ2n) is 4.59. The first kappa shape index (κ1) is 13.2. The van der Waals surface area contributed by atoms with Gasteiger partial charge in [-0.25, -0.2) is 4.79 Å². The van der Waals surface area contributed by atoms with Gasteiger partial charge in [0, 0.05) is 0 Å². The molecule has 0 spiro atoms. The van der Waals surface area contributed by atoms with Crippen molar-refractivity contribution >= 4 is 17.4 Å². The van der Waals surface area contributed by atoms with Gasteiger partial charge in [0.25, 0.3) is 0 Å². The molecule has 102 valence electrons. The molecular weight excluding hydrogens is 248 g/mol. The fourth-order valence-electron chi connectivity index (χ4n) is 1.78. The molecule has 0 aliphatic heterocycles. The molecule has 19 heavy (non-hydrogen) atoms. The molecule has 0 bridgehead atoms. The minimum Gasteiger partial charge on any atom is -0.467 e. The van der Waals surface area contributed by atoms with E-state index in [1.54, 1.807) is 12.4 Å². The molecule has 0 aromatic carbocycles. The SMILES string of the molecule is COC(=O)C(CC(C)C)Nc1cncc2nnnn12. The first-order valence-electron chi connectivity index (χ1n) is 5.98. The molecule has 0 fully saturated rings. The Morgan fingerprint density at radius 1 is 1.47 bits per heavy atom. The lowest BCUT2D eigenvalue weighted by Gasteiger charge is -2.19. The lowest BCUT2D eigenvalue weighted by Crippen LogP contribution is -2.33. The normalized spacial score (nSPS) is 12.6. The van der Waals surface area contributed by atoms with Crippen LogP contribution in [0.1, 0.15) is 20.3 Å². The number of hydrogen-bond acceptors (Lipinski definition) is 7. The smallest absolute Gasteiger partial charge is 0.328 e. The van der Waals surface area contributed by atoms with Crippen LogP contribution in [-0.4, -0.2) is 44.1 Å². The molecule has 0 amide bonds. The maximum Gasteiger partial charge on any atom is 0.328 e. The highest BCUT2D eigenvalue weighted by atomic mass is 16.5. The zero-order valence-corrected chi connectivity index (χ0v) is 11.1. The van der Waals surface area contributed by atoms with Crippen molar-refractivity contribution in [3.8, 4) is 0 Å². The van der Waals surface area contributed by atoms with Crippen LogP contribution < -0.4 is 5.32 Å². The van der Waals surface area contributed by atoms with Crippen molar-refractivity contribution in [3.05, 3.63) is 12.4 Å². The number of hydrogen-bond donors (Lipinski definition) is 1. The summed E-state index contributed by atoms with van der Waals surface area (Å²) < 4.78 is 6.29. The molecule has 8 heteroatoms. The summed E-state index contributed by atoms with van der Waals surface area (Å²) in [5.41, 5.74) is 0.512. The van der Waals surface area contributed by atoms with E-state index in [0.29, 0.717) is 23.8 Å². The predicted molar refractivity (Wildman–Crippen MR) is 67.5 cm³/mol. The maximum atomic E-state index is 11.8. The zero-order chi connectivity index (χ0) is 13.8. The van der Waals surface area contributed by atoms with Crippen molar-refractivity contribution in [1.82, 2.24) is 25.0 Å². The number of carbonyl (C=O) groups is 1. The number of carbonyl (C=O) groups excluding carboxylic acids is 1. The summed E-state index contributed by atoms with van der Waals surface area (Å²) in [4.78, 5) is 15.8. The minimum atomic E-state index is -0.457. The summed E-state index contributed by atoms with van der Waals surface area (Å²) in [6, 6.07) is -0.457. The van der Waals surface area contributed by atoms with Gasteiger partial charge in [-0.2, -0.15) is 4.52 Å². The largest absolute Gasteiger partial charge is 0.467 e. The standard InChI is InChI=1S/C11H16N6O2/c1-7(2)4-8(11(18)19-3)13-9-5-12-6-10-14-15-16-17(9)10/h5-8,13H,4H2,1-3H3. The number of rotatable bonds is 5. The molecule has 0 aliphatic carbocycles. The van der Waals surface area contributed by atoms with Crippen molar-refractivity contribution in [2.24, 2.45) is 5.92 Å². The van der Waals surface area contributed by atoms with E-state index in [9.17, 15) is 4.79 Å². The minimum absolute atomic E-state index is 0.321. The molecule has 2 aromatic rings. The zero-order valence-electron chi connectivity index (χ0n) is 11.1. The van der Waals surface area contributed by atoms with Crippen molar-refractivity contribution in [2.45, 2.75) is 26.3 Å². The molecule has 1 atom stereocenters. The number of tetrazole rings is 1. The molecule has 1 unspecified atom stereocenters. The van der Waals surface area contributed by atoms with Crippen molar-refractivity contribution in [3.63, 3.8) is 0 Å². The van der Waals surface area contributed by atoms with Gasteiger partial charge >= 0.3 is 5.97 Å². The quantitative estimate of drug-likeness (QED) is 0.786. The van der Waals surface area contributed by atoms with Crippen LogP contribution in [0.2, 0.25) is 0 Å². The number of nitrogens with one attached hydrogen (secondary N) is 1. The number of methoxy groups -OCH3 is 1. The number of fused-ring (bicyclic) bond motifs is 1. The fourth-order valence-corrected chi connectivity index (χ4v) is 1.78. The van der Waals surface area contributed by atoms with E-state index in [1.165, 1.54) is 11.6 Å². The van der Waals surface area contributed by atoms with Gasteiger partial charge in [-0.05, 0) is 22.8 Å². The summed E-state index contributed by atoms with van der Waals surface area (Å²) in [7, 11) is 1.37. The lowest BCUT2D eigenvalue weighted by atomic mass is 10.0. The Hall–Kier alpha value is -2.25. The number of anilines is 1. The van der Waals surface area contributed by atoms with Crippen molar-refractivity contribution < 1.29 is 9.53 Å². The molecule has 2 heterocycles. The van der Waals surface area contributed by atoms with Crippen LogP contribution >= 0.6 is 0 Å². The van der Waals surface area contributed by atoms with Gasteiger partial charge in [0.15, 0.2) is 11.5 Å². The molecule has 0 saturated heterocycles. The Kier molecular flexibility index (Phi) is 3.88. The summed E-state index contributed by atoms with van der Waals surface area (Å²) >= 11 is 0. The molecule has 2 rings (SSSR count). The van der Waals surface area contributed by atoms with Gasteiger partial charge in [-0.3, -0.25) is 4.98 Å². The number of esters is 1. The lowest BCUT2D eigenvalue weighted by molar-refractivity contribution is -0.141. The fraction of sp³-hybridized carbons (Fsp3) is 0.545. The van der Waals surface area contributed by atoms with E-state index in [4.69, 9.17) is 4.74 Å². The van der Waals surface area contributed by atoms with E-state index in [1.807, 2.05) is 13.8 Å². The maximum absolute atomic E-state index is 11.8. The van der Waals surface area contributed by atoms with Crippen LogP contribution in [0.15, 0.2) is 12.4 Å². The van der Waals surface area contributed by atoms with Gasteiger partial charge in [0.1, 0.15) is 6.04 Å². The van der Waals surface area contributed by atoms with Gasteiger partial charge in [-0.15, -0.1) is 5.10 Å². The molecular formula is C11H16N6O2. The molecule has 2 aromatic heterocycles. The second kappa shape index (κ2) is 5.59. The number of nitrogens with zero attached hydrogens (tertiary/aromatic N) is 5. The Bertz CT molecular complexity index is 567. The predicted octanol–water partition coefficient (Wildman–Crippen LogP) is 0.519. The number of ether oxygens (including phenoxy) is 1. The van der Waals surface area contributed by atoms with E-state index in [-0.39, 0.29) is 5.97 Å². The average molecular weight is 264 g/mol. The van der Waals surface area contributed by atoms with Gasteiger partial charge in [0.05, 0.1) is 19.5 Å². The third-order valence-electron chi connectivity index (χ3n) is 2.62. The molecule has 0 radical (unpaired) electrons. The Balaban J connectivity index is 2.25. The second-order valence-corrected chi connectivity index (χ2v) is 4.59. The highest BCUT2D eigenvalue weighted by Crippen LogP contribution is 2.13. The van der Waals surface area contributed by atoms with E-state index >= 15 is 0 Å². The van der Waals surface area contributed by atoms with Gasteiger partial charge in [-0.1, -0.05) is 13.8 Å². The van der Waals surface area contributed by atoms with Crippen LogP contribution in [0.3, 0.4) is 0 Å². The number of aromatic nitrogens is 5. The van der Waals surface area contributed by atoms with Crippen molar-refractivity contribution in [2.75, 3.05) is 12.4 Å². The van der Waals surface area contributed by atoms with Crippen molar-refractivity contribution in [1.29, 1.82) is 0 Å². The topological polar surface area (TPSA) is 94.3 Å². The summed E-state index contributed by atoms with van der Waals surface area (Å²) in [6.45, 7) is 4.07. The van der Waals surface area contributed by atoms with Crippen LogP contribution in [-0.2, 0) is 9.53 Å². The first-order valence-corrected chi connectivity index (χ1v) is 5.98. The van der Waals surface area contributed by atoms with E-state index < -0.39 is 6.04 Å². The summed E-state index contributed by atoms with van der Waals surface area (Å²) in [5.74, 6) is 0.579. The summed E-state index contributed by atoms with van der Waals surface area (Å²) in [6.07, 6.45) is 3.76. The average Bonchev–Trinajstić information content (AvgIpc) is 2.85. The van der Waals surface area contributed by atoms with Gasteiger partial charge in [0.2, 0.25) is 0 Å². The third kappa shape index (κ3) is 2.95. The highest BCUT2D eigenvalue weighted by molar-refractivity contribution is 5.78. The molecule has 0 aliphatic rings. The summed E-state index contributed by atoms with van der Waals surface area (Å²) in [5, 5.41) is 14.3. The Morgan fingerprint density at radius 3 is 2.95 bits per heavy atom. The molecule has 8 nitrogen and oxygen atoms in total. The Morgan fingerprint density at radius 2 is 2.26 bits per heavy atom. The third-order valence-corrected chi connectivity index (χ3v) is 2.62. The van der Waals surface area contributed by atoms with Gasteiger partial charge < -0.3 is 10.1 Å². The van der Waals surface area contributed by atoms with E-state index in [2.05, 4.69) is 25.8 Å². The highest BCUT2D eigenvalue weighted by Gasteiger charge is 2.21. The van der Waals surface area contributed by atoms with Crippen LogP contribution in [0.25, 0.3) is 5.65 Å². The first-order chi connectivity index (χ1) is 9.11. The van der Waals surface area contributed by atoms with E-state index in [0.717, 1.165) is 0 Å².